The van der Waals surface area contributed by atoms with Crippen molar-refractivity contribution >= 4 is 23.5 Å². The third kappa shape index (κ3) is 6.45. The number of ether oxygens (including phenoxy) is 1. The van der Waals surface area contributed by atoms with E-state index in [1.54, 1.807) is 24.3 Å². The summed E-state index contributed by atoms with van der Waals surface area (Å²) in [6.45, 7) is 9.24. The molecule has 2 aromatic carbocycles. The largest absolute Gasteiger partial charge is 0.454 e. The van der Waals surface area contributed by atoms with Gasteiger partial charge in [-0.25, -0.2) is 4.79 Å². The Bertz CT molecular complexity index is 882. The minimum Gasteiger partial charge on any atom is -0.454 e. The van der Waals surface area contributed by atoms with Crippen LogP contribution in [-0.2, 0) is 19.7 Å². The van der Waals surface area contributed by atoms with E-state index >= 15 is 0 Å². The van der Waals surface area contributed by atoms with E-state index in [2.05, 4.69) is 31.4 Å². The molecule has 29 heavy (non-hydrogen) atoms. The molecule has 0 aliphatic carbocycles. The Balaban J connectivity index is 1.84. The number of amides is 2. The standard InChI is InChI=1S/C23H28N2O4/c1-15-8-6-7-9-19(15)25-20(26)14-29-22(28)16(2)24-21(27)17-10-12-18(13-11-17)23(3,4)5/h6-13,16H,14H2,1-5H3,(H,24,27)(H,25,26)/t16-/m0/s1. The van der Waals surface area contributed by atoms with Crippen LogP contribution in [0.1, 0.15) is 49.2 Å². The van der Waals surface area contributed by atoms with Gasteiger partial charge in [0.05, 0.1) is 0 Å². The van der Waals surface area contributed by atoms with Gasteiger partial charge in [-0.1, -0.05) is 51.1 Å². The third-order valence-electron chi connectivity index (χ3n) is 4.48. The Morgan fingerprint density at radius 2 is 1.62 bits per heavy atom. The summed E-state index contributed by atoms with van der Waals surface area (Å²) in [6, 6.07) is 13.7. The fourth-order valence-corrected chi connectivity index (χ4v) is 2.62. The molecule has 6 heteroatoms. The Morgan fingerprint density at radius 1 is 1.00 bits per heavy atom. The number of para-hydroxylation sites is 1. The van der Waals surface area contributed by atoms with Crippen molar-refractivity contribution in [3.8, 4) is 0 Å². The van der Waals surface area contributed by atoms with Crippen LogP contribution >= 0.6 is 0 Å². The third-order valence-corrected chi connectivity index (χ3v) is 4.48. The molecule has 0 aliphatic rings. The summed E-state index contributed by atoms with van der Waals surface area (Å²) in [5.74, 6) is -1.49. The molecule has 0 bridgehead atoms. The van der Waals surface area contributed by atoms with Crippen molar-refractivity contribution in [1.29, 1.82) is 0 Å². The number of rotatable bonds is 6. The molecule has 0 saturated heterocycles. The summed E-state index contributed by atoms with van der Waals surface area (Å²) < 4.78 is 5.01. The van der Waals surface area contributed by atoms with Gasteiger partial charge in [0.1, 0.15) is 6.04 Å². The van der Waals surface area contributed by atoms with E-state index in [4.69, 9.17) is 4.74 Å². The fourth-order valence-electron chi connectivity index (χ4n) is 2.62. The highest BCUT2D eigenvalue weighted by atomic mass is 16.5. The van der Waals surface area contributed by atoms with Crippen molar-refractivity contribution < 1.29 is 19.1 Å². The number of carbonyl (C=O) groups excluding carboxylic acids is 3. The minimum atomic E-state index is -0.879. The summed E-state index contributed by atoms with van der Waals surface area (Å²) in [7, 11) is 0. The van der Waals surface area contributed by atoms with Crippen LogP contribution in [0, 0.1) is 6.92 Å². The topological polar surface area (TPSA) is 84.5 Å². The molecule has 0 aromatic heterocycles. The van der Waals surface area contributed by atoms with E-state index in [-0.39, 0.29) is 11.3 Å². The normalized spacial score (nSPS) is 12.0. The molecule has 2 amide bonds. The maximum atomic E-state index is 12.3. The number of hydrogen-bond donors (Lipinski definition) is 2. The Hall–Kier alpha value is -3.15. The summed E-state index contributed by atoms with van der Waals surface area (Å²) in [4.78, 5) is 36.4. The first-order valence-corrected chi connectivity index (χ1v) is 9.51. The SMILES string of the molecule is Cc1ccccc1NC(=O)COC(=O)[C@H](C)NC(=O)c1ccc(C(C)(C)C)cc1. The lowest BCUT2D eigenvalue weighted by Gasteiger charge is -2.19. The molecule has 0 spiro atoms. The van der Waals surface area contributed by atoms with Gasteiger partial charge in [-0.15, -0.1) is 0 Å². The number of nitrogens with one attached hydrogen (secondary N) is 2. The zero-order chi connectivity index (χ0) is 21.6. The second-order valence-corrected chi connectivity index (χ2v) is 7.99. The highest BCUT2D eigenvalue weighted by molar-refractivity contribution is 5.97. The Labute approximate surface area is 171 Å². The number of hydrogen-bond acceptors (Lipinski definition) is 4. The van der Waals surface area contributed by atoms with E-state index in [1.165, 1.54) is 6.92 Å². The van der Waals surface area contributed by atoms with Gasteiger partial charge in [-0.2, -0.15) is 0 Å². The van der Waals surface area contributed by atoms with Gasteiger partial charge >= 0.3 is 5.97 Å². The molecule has 0 heterocycles. The van der Waals surface area contributed by atoms with Gasteiger partial charge in [0.25, 0.3) is 11.8 Å². The van der Waals surface area contributed by atoms with Crippen LogP contribution < -0.4 is 10.6 Å². The lowest BCUT2D eigenvalue weighted by atomic mass is 9.86. The number of carbonyl (C=O) groups is 3. The van der Waals surface area contributed by atoms with Gasteiger partial charge in [0.15, 0.2) is 6.61 Å². The molecular formula is C23H28N2O4. The zero-order valence-corrected chi connectivity index (χ0v) is 17.5. The predicted molar refractivity (Wildman–Crippen MR) is 113 cm³/mol. The molecule has 0 aliphatic heterocycles. The number of esters is 1. The first-order chi connectivity index (χ1) is 13.6. The summed E-state index contributed by atoms with van der Waals surface area (Å²) in [5, 5.41) is 5.28. The predicted octanol–water partition coefficient (Wildman–Crippen LogP) is 3.59. The average molecular weight is 396 g/mol. The quantitative estimate of drug-likeness (QED) is 0.731. The Morgan fingerprint density at radius 3 is 2.21 bits per heavy atom. The first-order valence-electron chi connectivity index (χ1n) is 9.51. The fraction of sp³-hybridized carbons (Fsp3) is 0.348. The van der Waals surface area contributed by atoms with Crippen molar-refractivity contribution in [2.45, 2.75) is 46.1 Å². The van der Waals surface area contributed by atoms with Gasteiger partial charge in [-0.05, 0) is 48.6 Å². The average Bonchev–Trinajstić information content (AvgIpc) is 2.67. The summed E-state index contributed by atoms with van der Waals surface area (Å²) in [5.41, 5.74) is 3.13. The smallest absolute Gasteiger partial charge is 0.328 e. The molecule has 154 valence electrons. The van der Waals surface area contributed by atoms with Crippen LogP contribution in [0.4, 0.5) is 5.69 Å². The van der Waals surface area contributed by atoms with Gasteiger partial charge in [0.2, 0.25) is 0 Å². The van der Waals surface area contributed by atoms with E-state index < -0.39 is 24.5 Å². The first kappa shape index (κ1) is 22.1. The zero-order valence-electron chi connectivity index (χ0n) is 17.5. The van der Waals surface area contributed by atoms with Crippen molar-refractivity contribution in [3.63, 3.8) is 0 Å². The van der Waals surface area contributed by atoms with Crippen molar-refractivity contribution in [1.82, 2.24) is 5.32 Å². The second kappa shape index (κ2) is 9.37. The van der Waals surface area contributed by atoms with Gasteiger partial charge < -0.3 is 15.4 Å². The number of anilines is 1. The molecule has 0 fully saturated rings. The molecule has 0 saturated carbocycles. The lowest BCUT2D eigenvalue weighted by Crippen LogP contribution is -2.40. The van der Waals surface area contributed by atoms with E-state index in [0.717, 1.165) is 11.1 Å². The van der Waals surface area contributed by atoms with Crippen LogP contribution in [0.25, 0.3) is 0 Å². The molecule has 2 N–H and O–H groups in total. The van der Waals surface area contributed by atoms with E-state index in [0.29, 0.717) is 11.3 Å². The van der Waals surface area contributed by atoms with Crippen molar-refractivity contribution in [2.75, 3.05) is 11.9 Å². The highest BCUT2D eigenvalue weighted by Gasteiger charge is 2.20. The number of benzene rings is 2. The van der Waals surface area contributed by atoms with E-state index in [9.17, 15) is 14.4 Å². The van der Waals surface area contributed by atoms with Crippen LogP contribution in [0.5, 0.6) is 0 Å². The second-order valence-electron chi connectivity index (χ2n) is 7.99. The van der Waals surface area contributed by atoms with Crippen LogP contribution in [0.15, 0.2) is 48.5 Å². The minimum absolute atomic E-state index is 0.00896. The van der Waals surface area contributed by atoms with E-state index in [1.807, 2.05) is 31.2 Å². The van der Waals surface area contributed by atoms with Crippen molar-refractivity contribution in [2.24, 2.45) is 0 Å². The molecule has 2 aromatic rings. The molecule has 1 atom stereocenters. The van der Waals surface area contributed by atoms with Crippen LogP contribution in [0.2, 0.25) is 0 Å². The maximum Gasteiger partial charge on any atom is 0.328 e. The molecule has 0 unspecified atom stereocenters. The molecule has 6 nitrogen and oxygen atoms in total. The van der Waals surface area contributed by atoms with Gasteiger partial charge in [-0.3, -0.25) is 9.59 Å². The summed E-state index contributed by atoms with van der Waals surface area (Å²) in [6.07, 6.45) is 0. The van der Waals surface area contributed by atoms with Crippen molar-refractivity contribution in [3.05, 3.63) is 65.2 Å². The molecule has 0 radical (unpaired) electrons. The summed E-state index contributed by atoms with van der Waals surface area (Å²) >= 11 is 0. The van der Waals surface area contributed by atoms with Crippen LogP contribution in [0.3, 0.4) is 0 Å². The van der Waals surface area contributed by atoms with Gasteiger partial charge in [0, 0.05) is 11.3 Å². The van der Waals surface area contributed by atoms with Crippen LogP contribution in [-0.4, -0.2) is 30.4 Å². The highest BCUT2D eigenvalue weighted by Crippen LogP contribution is 2.22. The lowest BCUT2D eigenvalue weighted by molar-refractivity contribution is -0.148. The maximum absolute atomic E-state index is 12.3. The Kier molecular flexibility index (Phi) is 7.15. The monoisotopic (exact) mass is 396 g/mol. The molecule has 2 rings (SSSR count). The number of aryl methyl sites for hydroxylation is 1. The molecular weight excluding hydrogens is 368 g/mol.